The minimum atomic E-state index is -0.192. The van der Waals surface area contributed by atoms with Gasteiger partial charge in [-0.05, 0) is 36.8 Å². The zero-order valence-corrected chi connectivity index (χ0v) is 13.4. The molecule has 23 heavy (non-hydrogen) atoms. The third-order valence-corrected chi connectivity index (χ3v) is 6.17. The second-order valence-electron chi connectivity index (χ2n) is 6.46. The Morgan fingerprint density at radius 2 is 2.00 bits per heavy atom. The van der Waals surface area contributed by atoms with Crippen LogP contribution in [0.25, 0.3) is 21.6 Å². The Hall–Kier alpha value is -2.27. The van der Waals surface area contributed by atoms with Crippen LogP contribution in [0.15, 0.2) is 29.1 Å². The lowest BCUT2D eigenvalue weighted by atomic mass is 9.89. The molecule has 0 radical (unpaired) electrons. The molecule has 1 aliphatic carbocycles. The van der Waals surface area contributed by atoms with Crippen molar-refractivity contribution in [3.8, 4) is 11.4 Å². The summed E-state index contributed by atoms with van der Waals surface area (Å²) in [7, 11) is 0. The summed E-state index contributed by atoms with van der Waals surface area (Å²) in [5, 5.41) is 0.668. The van der Waals surface area contributed by atoms with E-state index in [-0.39, 0.29) is 11.5 Å². The van der Waals surface area contributed by atoms with E-state index in [2.05, 4.69) is 11.9 Å². The van der Waals surface area contributed by atoms with Gasteiger partial charge >= 0.3 is 0 Å². The second kappa shape index (κ2) is 4.38. The van der Waals surface area contributed by atoms with Gasteiger partial charge in [0.15, 0.2) is 5.82 Å². The smallest absolute Gasteiger partial charge is 0.268 e. The number of aromatic nitrogens is 2. The quantitative estimate of drug-likeness (QED) is 0.499. The highest BCUT2D eigenvalue weighted by molar-refractivity contribution is 7.19. The number of carbonyl (C=O) groups excluding carboxylic acids is 1. The average Bonchev–Trinajstić information content (AvgIpc) is 3.04. The molecule has 5 heteroatoms. The number of nitrogens with zero attached hydrogens (tertiary/aromatic N) is 2. The van der Waals surface area contributed by atoms with Gasteiger partial charge in [-0.1, -0.05) is 25.1 Å². The van der Waals surface area contributed by atoms with Crippen molar-refractivity contribution < 1.29 is 4.79 Å². The Kier molecular flexibility index (Phi) is 2.52. The largest absolute Gasteiger partial charge is 0.282 e. The van der Waals surface area contributed by atoms with Crippen molar-refractivity contribution in [3.63, 3.8) is 0 Å². The fourth-order valence-corrected chi connectivity index (χ4v) is 5.27. The Morgan fingerprint density at radius 3 is 2.83 bits per heavy atom. The van der Waals surface area contributed by atoms with E-state index in [1.807, 2.05) is 18.2 Å². The maximum Gasteiger partial charge on any atom is 0.282 e. The molecule has 5 rings (SSSR count). The summed E-state index contributed by atoms with van der Waals surface area (Å²) in [6.07, 6.45) is 2.99. The lowest BCUT2D eigenvalue weighted by molar-refractivity contribution is 0.0973. The van der Waals surface area contributed by atoms with Crippen LogP contribution in [0.4, 0.5) is 0 Å². The fourth-order valence-electron chi connectivity index (χ4n) is 3.77. The molecule has 0 amide bonds. The minimum absolute atomic E-state index is 0.0697. The molecule has 1 atom stereocenters. The fraction of sp³-hybridized carbons (Fsp3) is 0.278. The summed E-state index contributed by atoms with van der Waals surface area (Å²) >= 11 is 1.60. The molecular formula is C18H14N2O2S. The SMILES string of the molecule is C[C@H]1CCc2c(sc3c2c(=O)nc2n3C(=O)c3ccccc3-2)C1. The van der Waals surface area contributed by atoms with E-state index in [0.29, 0.717) is 22.7 Å². The molecule has 2 aromatic heterocycles. The van der Waals surface area contributed by atoms with Crippen molar-refractivity contribution in [2.45, 2.75) is 26.2 Å². The van der Waals surface area contributed by atoms with Gasteiger partial charge < -0.3 is 0 Å². The van der Waals surface area contributed by atoms with Gasteiger partial charge in [0, 0.05) is 10.4 Å². The van der Waals surface area contributed by atoms with Crippen molar-refractivity contribution in [2.24, 2.45) is 5.92 Å². The lowest BCUT2D eigenvalue weighted by Gasteiger charge is -2.17. The van der Waals surface area contributed by atoms with Crippen LogP contribution >= 0.6 is 11.3 Å². The maximum absolute atomic E-state index is 12.8. The van der Waals surface area contributed by atoms with Crippen molar-refractivity contribution in [1.29, 1.82) is 0 Å². The maximum atomic E-state index is 12.8. The van der Waals surface area contributed by atoms with Gasteiger partial charge in [-0.25, -0.2) is 4.57 Å². The van der Waals surface area contributed by atoms with Gasteiger partial charge in [0.05, 0.1) is 10.9 Å². The molecule has 4 nitrogen and oxygen atoms in total. The van der Waals surface area contributed by atoms with Crippen LogP contribution in [0, 0.1) is 5.92 Å². The first-order valence-corrected chi connectivity index (χ1v) is 8.68. The lowest BCUT2D eigenvalue weighted by Crippen LogP contribution is -2.17. The van der Waals surface area contributed by atoms with Crippen molar-refractivity contribution in [2.75, 3.05) is 0 Å². The number of hydrogen-bond donors (Lipinski definition) is 0. The molecule has 0 fully saturated rings. The van der Waals surface area contributed by atoms with Crippen LogP contribution in [0.1, 0.15) is 34.1 Å². The van der Waals surface area contributed by atoms with E-state index in [0.717, 1.165) is 35.2 Å². The number of hydrogen-bond acceptors (Lipinski definition) is 4. The zero-order chi connectivity index (χ0) is 15.7. The molecule has 0 saturated carbocycles. The van der Waals surface area contributed by atoms with Crippen molar-refractivity contribution in [1.82, 2.24) is 9.55 Å². The van der Waals surface area contributed by atoms with Gasteiger partial charge in [0.25, 0.3) is 11.5 Å². The van der Waals surface area contributed by atoms with Gasteiger partial charge in [-0.15, -0.1) is 11.3 Å². The van der Waals surface area contributed by atoms with Crippen molar-refractivity contribution >= 4 is 27.5 Å². The molecule has 0 bridgehead atoms. The van der Waals surface area contributed by atoms with Crippen LogP contribution in [0.2, 0.25) is 0 Å². The number of thiophene rings is 1. The van der Waals surface area contributed by atoms with E-state index < -0.39 is 0 Å². The third-order valence-electron chi connectivity index (χ3n) is 4.93. The zero-order valence-electron chi connectivity index (χ0n) is 12.6. The normalized spacial score (nSPS) is 18.8. The molecule has 0 N–H and O–H groups in total. The monoisotopic (exact) mass is 322 g/mol. The number of benzene rings is 1. The highest BCUT2D eigenvalue weighted by Crippen LogP contribution is 2.40. The summed E-state index contributed by atoms with van der Waals surface area (Å²) < 4.78 is 1.65. The molecule has 3 aromatic rings. The second-order valence-corrected chi connectivity index (χ2v) is 7.54. The summed E-state index contributed by atoms with van der Waals surface area (Å²) in [5.74, 6) is 1.05. The van der Waals surface area contributed by atoms with E-state index in [9.17, 15) is 9.59 Å². The molecule has 0 saturated heterocycles. The number of fused-ring (bicyclic) bond motifs is 7. The Bertz CT molecular complexity index is 1060. The summed E-state index contributed by atoms with van der Waals surface area (Å²) in [6, 6.07) is 7.39. The minimum Gasteiger partial charge on any atom is -0.268 e. The molecule has 0 spiro atoms. The highest BCUT2D eigenvalue weighted by atomic mass is 32.1. The van der Waals surface area contributed by atoms with Gasteiger partial charge in [0.1, 0.15) is 4.83 Å². The Balaban J connectivity index is 1.90. The Labute approximate surface area is 136 Å². The predicted molar refractivity (Wildman–Crippen MR) is 90.2 cm³/mol. The predicted octanol–water partition coefficient (Wildman–Crippen LogP) is 3.25. The first kappa shape index (κ1) is 13.2. The molecular weight excluding hydrogens is 308 g/mol. The van der Waals surface area contributed by atoms with Crippen molar-refractivity contribution in [3.05, 3.63) is 50.6 Å². The van der Waals surface area contributed by atoms with Gasteiger partial charge in [-0.3, -0.25) is 9.59 Å². The topological polar surface area (TPSA) is 52.0 Å². The first-order chi connectivity index (χ1) is 11.1. The number of aryl methyl sites for hydroxylation is 1. The number of carbonyl (C=O) groups is 1. The molecule has 2 aliphatic rings. The van der Waals surface area contributed by atoms with E-state index >= 15 is 0 Å². The standard InChI is InChI=1S/C18H14N2O2S/c1-9-6-7-12-13(8-9)23-18-14(12)16(21)19-15-10-4-2-3-5-11(10)17(22)20(15)18/h2-5,9H,6-8H2,1H3/t9-/m0/s1. The molecule has 1 aromatic carbocycles. The van der Waals surface area contributed by atoms with Gasteiger partial charge in [-0.2, -0.15) is 4.98 Å². The van der Waals surface area contributed by atoms with E-state index in [1.54, 1.807) is 22.0 Å². The highest BCUT2D eigenvalue weighted by Gasteiger charge is 2.32. The average molecular weight is 322 g/mol. The van der Waals surface area contributed by atoms with Crippen LogP contribution in [-0.2, 0) is 12.8 Å². The van der Waals surface area contributed by atoms with E-state index in [4.69, 9.17) is 0 Å². The first-order valence-electron chi connectivity index (χ1n) is 7.86. The molecule has 3 heterocycles. The molecule has 114 valence electrons. The summed E-state index contributed by atoms with van der Waals surface area (Å²) in [4.78, 5) is 31.8. The third kappa shape index (κ3) is 1.63. The molecule has 0 unspecified atom stereocenters. The number of rotatable bonds is 0. The summed E-state index contributed by atoms with van der Waals surface area (Å²) in [5.41, 5.74) is 2.32. The van der Waals surface area contributed by atoms with E-state index in [1.165, 1.54) is 4.88 Å². The summed E-state index contributed by atoms with van der Waals surface area (Å²) in [6.45, 7) is 2.24. The molecule has 1 aliphatic heterocycles. The Morgan fingerprint density at radius 1 is 1.22 bits per heavy atom. The van der Waals surface area contributed by atoms with Crippen LogP contribution in [0.3, 0.4) is 0 Å². The van der Waals surface area contributed by atoms with Crippen LogP contribution < -0.4 is 5.56 Å². The van der Waals surface area contributed by atoms with Gasteiger partial charge in [0.2, 0.25) is 0 Å². The van der Waals surface area contributed by atoms with Crippen LogP contribution in [-0.4, -0.2) is 15.5 Å². The van der Waals surface area contributed by atoms with Crippen LogP contribution in [0.5, 0.6) is 0 Å².